The Kier molecular flexibility index (Phi) is 2.19. The highest BCUT2D eigenvalue weighted by Crippen LogP contribution is 2.31. The lowest BCUT2D eigenvalue weighted by Gasteiger charge is -2.29. The number of anilines is 2. The number of hydrogen-bond acceptors (Lipinski definition) is 4. The summed E-state index contributed by atoms with van der Waals surface area (Å²) in [6.07, 6.45) is 1.67. The van der Waals surface area contributed by atoms with E-state index in [4.69, 9.17) is 0 Å². The van der Waals surface area contributed by atoms with E-state index in [0.717, 1.165) is 5.69 Å². The van der Waals surface area contributed by atoms with Gasteiger partial charge in [-0.05, 0) is 12.1 Å². The number of fused-ring (bicyclic) bond motifs is 1. The summed E-state index contributed by atoms with van der Waals surface area (Å²) >= 11 is 1.40. The van der Waals surface area contributed by atoms with Crippen molar-refractivity contribution >= 4 is 28.1 Å². The molecule has 0 bridgehead atoms. The molecule has 0 fully saturated rings. The van der Waals surface area contributed by atoms with E-state index in [1.165, 1.54) is 16.2 Å². The fourth-order valence-electron chi connectivity index (χ4n) is 1.76. The molecule has 4 nitrogen and oxygen atoms in total. The van der Waals surface area contributed by atoms with Crippen molar-refractivity contribution in [1.82, 2.24) is 4.98 Å². The van der Waals surface area contributed by atoms with Gasteiger partial charge in [-0.15, -0.1) is 11.3 Å². The van der Waals surface area contributed by atoms with Gasteiger partial charge in [0.15, 0.2) is 5.13 Å². The molecule has 0 spiro atoms. The second-order valence-corrected chi connectivity index (χ2v) is 4.45. The summed E-state index contributed by atoms with van der Waals surface area (Å²) in [6.45, 7) is 3.86. The molecule has 1 amide bonds. The van der Waals surface area contributed by atoms with Crippen LogP contribution in [0.2, 0.25) is 0 Å². The molecule has 2 heterocycles. The monoisotopic (exact) mass is 243 g/mol. The van der Waals surface area contributed by atoms with Crippen molar-refractivity contribution in [3.05, 3.63) is 53.8 Å². The zero-order valence-corrected chi connectivity index (χ0v) is 9.70. The van der Waals surface area contributed by atoms with Gasteiger partial charge in [0.25, 0.3) is 5.91 Å². The topological polar surface area (TPSA) is 45.2 Å². The quantitative estimate of drug-likeness (QED) is 0.837. The predicted molar refractivity (Wildman–Crippen MR) is 68.1 cm³/mol. The number of rotatable bonds is 1. The Hall–Kier alpha value is -2.14. The van der Waals surface area contributed by atoms with E-state index in [9.17, 15) is 4.79 Å². The molecule has 1 N–H and O–H groups in total. The zero-order valence-electron chi connectivity index (χ0n) is 8.88. The molecule has 1 aliphatic rings. The van der Waals surface area contributed by atoms with Crippen LogP contribution in [0, 0.1) is 0 Å². The maximum Gasteiger partial charge on any atom is 0.267 e. The molecule has 0 saturated heterocycles. The number of thiazole rings is 1. The average molecular weight is 243 g/mol. The van der Waals surface area contributed by atoms with Gasteiger partial charge in [0.2, 0.25) is 0 Å². The first-order valence-corrected chi connectivity index (χ1v) is 5.94. The van der Waals surface area contributed by atoms with Crippen LogP contribution < -0.4 is 10.2 Å². The molecule has 3 rings (SSSR count). The third-order valence-corrected chi connectivity index (χ3v) is 3.28. The predicted octanol–water partition coefficient (Wildman–Crippen LogP) is 2.69. The van der Waals surface area contributed by atoms with Crippen molar-refractivity contribution in [2.45, 2.75) is 0 Å². The number of para-hydroxylation sites is 1. The van der Waals surface area contributed by atoms with Gasteiger partial charge in [-0.3, -0.25) is 4.79 Å². The highest BCUT2D eigenvalue weighted by Gasteiger charge is 2.29. The normalized spacial score (nSPS) is 14.5. The van der Waals surface area contributed by atoms with Crippen LogP contribution >= 0.6 is 11.3 Å². The molecule has 84 valence electrons. The van der Waals surface area contributed by atoms with Gasteiger partial charge in [-0.25, -0.2) is 9.88 Å². The summed E-state index contributed by atoms with van der Waals surface area (Å²) < 4.78 is 0. The molecule has 1 aromatic heterocycles. The lowest BCUT2D eigenvalue weighted by atomic mass is 10.1. The van der Waals surface area contributed by atoms with Gasteiger partial charge in [0.1, 0.15) is 5.82 Å². The van der Waals surface area contributed by atoms with Gasteiger partial charge < -0.3 is 5.32 Å². The van der Waals surface area contributed by atoms with Crippen LogP contribution in [-0.4, -0.2) is 10.9 Å². The van der Waals surface area contributed by atoms with Gasteiger partial charge in [0, 0.05) is 11.6 Å². The molecule has 0 saturated carbocycles. The number of nitrogens with one attached hydrogen (secondary N) is 1. The van der Waals surface area contributed by atoms with Crippen molar-refractivity contribution in [2.24, 2.45) is 0 Å². The molecule has 0 radical (unpaired) electrons. The van der Waals surface area contributed by atoms with E-state index in [-0.39, 0.29) is 5.91 Å². The minimum atomic E-state index is -0.0979. The molecule has 0 aliphatic carbocycles. The lowest BCUT2D eigenvalue weighted by molar-refractivity contribution is 0.0993. The Balaban J connectivity index is 2.10. The van der Waals surface area contributed by atoms with E-state index in [0.29, 0.717) is 16.5 Å². The number of carbonyl (C=O) groups is 1. The van der Waals surface area contributed by atoms with Crippen molar-refractivity contribution in [3.8, 4) is 0 Å². The Morgan fingerprint density at radius 3 is 2.94 bits per heavy atom. The first-order chi connectivity index (χ1) is 8.27. The summed E-state index contributed by atoms with van der Waals surface area (Å²) in [6, 6.07) is 7.37. The fourth-order valence-corrected chi connectivity index (χ4v) is 2.43. The fraction of sp³-hybridized carbons (Fsp3) is 0. The Labute approximate surface area is 102 Å². The van der Waals surface area contributed by atoms with Gasteiger partial charge >= 0.3 is 0 Å². The van der Waals surface area contributed by atoms with E-state index in [1.807, 2.05) is 23.6 Å². The Bertz CT molecular complexity index is 592. The highest BCUT2D eigenvalue weighted by atomic mass is 32.1. The average Bonchev–Trinajstić information content (AvgIpc) is 2.83. The minimum absolute atomic E-state index is 0.0979. The third-order valence-electron chi connectivity index (χ3n) is 2.52. The lowest BCUT2D eigenvalue weighted by Crippen LogP contribution is -2.37. The summed E-state index contributed by atoms with van der Waals surface area (Å²) in [5.41, 5.74) is 1.42. The van der Waals surface area contributed by atoms with E-state index < -0.39 is 0 Å². The number of hydrogen-bond donors (Lipinski definition) is 1. The van der Waals surface area contributed by atoms with Crippen LogP contribution in [0.1, 0.15) is 10.4 Å². The standard InChI is InChI=1S/C12H9N3OS/c1-8-14-10-5-3-2-4-9(10)11(16)15(8)12-13-6-7-17-12/h2-7,14H,1H2. The maximum atomic E-state index is 12.3. The molecular weight excluding hydrogens is 234 g/mol. The zero-order chi connectivity index (χ0) is 11.8. The van der Waals surface area contributed by atoms with Gasteiger partial charge in [-0.2, -0.15) is 0 Å². The maximum absolute atomic E-state index is 12.3. The first kappa shape index (κ1) is 10.0. The van der Waals surface area contributed by atoms with Crippen molar-refractivity contribution in [2.75, 3.05) is 10.2 Å². The van der Waals surface area contributed by atoms with E-state index in [2.05, 4.69) is 16.9 Å². The SMILES string of the molecule is C=C1Nc2ccccc2C(=O)N1c1nccs1. The molecular formula is C12H9N3OS. The van der Waals surface area contributed by atoms with Gasteiger partial charge in [-0.1, -0.05) is 18.7 Å². The van der Waals surface area contributed by atoms with Crippen LogP contribution in [0.5, 0.6) is 0 Å². The van der Waals surface area contributed by atoms with Crippen LogP contribution in [0.4, 0.5) is 10.8 Å². The summed E-state index contributed by atoms with van der Waals surface area (Å²) in [4.78, 5) is 17.9. The molecule has 1 aromatic carbocycles. The summed E-state index contributed by atoms with van der Waals surface area (Å²) in [5.74, 6) is 0.433. The Morgan fingerprint density at radius 1 is 1.35 bits per heavy atom. The second kappa shape index (κ2) is 3.71. The number of aromatic nitrogens is 1. The largest absolute Gasteiger partial charge is 0.341 e. The number of benzene rings is 1. The number of amides is 1. The van der Waals surface area contributed by atoms with Crippen molar-refractivity contribution < 1.29 is 4.79 Å². The van der Waals surface area contributed by atoms with Gasteiger partial charge in [0.05, 0.1) is 11.3 Å². The minimum Gasteiger partial charge on any atom is -0.341 e. The molecule has 0 atom stereocenters. The molecule has 0 unspecified atom stereocenters. The van der Waals surface area contributed by atoms with E-state index >= 15 is 0 Å². The van der Waals surface area contributed by atoms with E-state index in [1.54, 1.807) is 12.3 Å². The van der Waals surface area contributed by atoms with Crippen LogP contribution in [-0.2, 0) is 0 Å². The third kappa shape index (κ3) is 1.52. The Morgan fingerprint density at radius 2 is 2.18 bits per heavy atom. The number of nitrogens with zero attached hydrogens (tertiary/aromatic N) is 2. The second-order valence-electron chi connectivity index (χ2n) is 3.57. The van der Waals surface area contributed by atoms with Crippen LogP contribution in [0.25, 0.3) is 0 Å². The molecule has 17 heavy (non-hydrogen) atoms. The molecule has 1 aliphatic heterocycles. The summed E-state index contributed by atoms with van der Waals surface area (Å²) in [7, 11) is 0. The smallest absolute Gasteiger partial charge is 0.267 e. The molecule has 2 aromatic rings. The first-order valence-electron chi connectivity index (χ1n) is 5.06. The summed E-state index contributed by atoms with van der Waals surface area (Å²) in [5, 5.41) is 5.56. The van der Waals surface area contributed by atoms with Crippen molar-refractivity contribution in [3.63, 3.8) is 0 Å². The van der Waals surface area contributed by atoms with Crippen molar-refractivity contribution in [1.29, 1.82) is 0 Å². The van der Waals surface area contributed by atoms with Crippen LogP contribution in [0.15, 0.2) is 48.2 Å². The molecule has 5 heteroatoms. The van der Waals surface area contributed by atoms with Crippen LogP contribution in [0.3, 0.4) is 0 Å². The number of carbonyl (C=O) groups excluding carboxylic acids is 1. The highest BCUT2D eigenvalue weighted by molar-refractivity contribution is 7.13.